The number of hydrogen-bond donors (Lipinski definition) is 1. The van der Waals surface area contributed by atoms with Gasteiger partial charge in [-0.2, -0.15) is 0 Å². The summed E-state index contributed by atoms with van der Waals surface area (Å²) in [6.07, 6.45) is 0. The number of phenolic OH excluding ortho intramolecular Hbond substituents is 1. The van der Waals surface area contributed by atoms with Gasteiger partial charge in [0, 0.05) is 11.8 Å². The number of rotatable bonds is 7. The molecule has 6 nitrogen and oxygen atoms in total. The monoisotopic (exact) mass is 450 g/mol. The molecule has 1 N–H and O–H groups in total. The van der Waals surface area contributed by atoms with E-state index >= 15 is 0 Å². The van der Waals surface area contributed by atoms with E-state index in [1.165, 1.54) is 24.9 Å². The van der Waals surface area contributed by atoms with Gasteiger partial charge in [-0.1, -0.05) is 37.7 Å². The lowest BCUT2D eigenvalue weighted by molar-refractivity contribution is 0.102. The second-order valence-electron chi connectivity index (χ2n) is 6.51. The first kappa shape index (κ1) is 23.2. The van der Waals surface area contributed by atoms with Gasteiger partial charge in [0.1, 0.15) is 17.2 Å². The van der Waals surface area contributed by atoms with E-state index in [1.807, 2.05) is 66.9 Å². The second-order valence-corrected chi connectivity index (χ2v) is 7.45. The van der Waals surface area contributed by atoms with E-state index in [1.54, 1.807) is 19.2 Å². The maximum absolute atomic E-state index is 12.7. The number of benzene rings is 3. The molecule has 0 unspecified atom stereocenters. The molecule has 32 heavy (non-hydrogen) atoms. The van der Waals surface area contributed by atoms with Crippen molar-refractivity contribution in [1.82, 2.24) is 9.55 Å². The normalized spacial score (nSPS) is 10.4. The van der Waals surface area contributed by atoms with Gasteiger partial charge in [-0.15, -0.1) is 0 Å². The third kappa shape index (κ3) is 4.89. The lowest BCUT2D eigenvalue weighted by atomic mass is 10.1. The van der Waals surface area contributed by atoms with Crippen LogP contribution >= 0.6 is 11.8 Å². The van der Waals surface area contributed by atoms with Crippen molar-refractivity contribution in [1.29, 1.82) is 0 Å². The molecule has 3 aromatic carbocycles. The number of hydrogen-bond acceptors (Lipinski definition) is 6. The highest BCUT2D eigenvalue weighted by Gasteiger charge is 2.17. The number of aromatic nitrogens is 2. The number of fused-ring (bicyclic) bond motifs is 1. The third-order valence-corrected chi connectivity index (χ3v) is 5.64. The number of para-hydroxylation sites is 2. The van der Waals surface area contributed by atoms with E-state index in [9.17, 15) is 9.90 Å². The number of ether oxygens (including phenoxy) is 2. The summed E-state index contributed by atoms with van der Waals surface area (Å²) in [5.74, 6) is 1.12. The van der Waals surface area contributed by atoms with Crippen LogP contribution in [0.15, 0.2) is 71.9 Å². The van der Waals surface area contributed by atoms with Crippen molar-refractivity contribution in [2.24, 2.45) is 0 Å². The third-order valence-electron chi connectivity index (χ3n) is 4.70. The predicted molar refractivity (Wildman–Crippen MR) is 129 cm³/mol. The number of carbonyl (C=O) groups is 1. The van der Waals surface area contributed by atoms with Gasteiger partial charge in [0.2, 0.25) is 0 Å². The summed E-state index contributed by atoms with van der Waals surface area (Å²) in [6.45, 7) is 4.00. The maximum atomic E-state index is 12.7. The zero-order valence-corrected chi connectivity index (χ0v) is 19.3. The van der Waals surface area contributed by atoms with Crippen LogP contribution in [0.1, 0.15) is 24.2 Å². The van der Waals surface area contributed by atoms with Gasteiger partial charge >= 0.3 is 0 Å². The zero-order valence-electron chi connectivity index (χ0n) is 18.5. The SMILES string of the molecule is CC.COc1ccc(-n2c(SCC(=O)c3ccc(OC)cc3O)nc3ccccc32)cc1. The fraction of sp³-hybridized carbons (Fsp3) is 0.200. The zero-order chi connectivity index (χ0) is 23.1. The Morgan fingerprint density at radius 1 is 0.969 bits per heavy atom. The van der Waals surface area contributed by atoms with Crippen molar-refractivity contribution >= 4 is 28.6 Å². The Bertz CT molecular complexity index is 1200. The number of carbonyl (C=O) groups excluding carboxylic acids is 1. The average molecular weight is 451 g/mol. The van der Waals surface area contributed by atoms with Crippen LogP contribution < -0.4 is 9.47 Å². The maximum Gasteiger partial charge on any atom is 0.176 e. The van der Waals surface area contributed by atoms with Crippen LogP contribution in [0, 0.1) is 0 Å². The molecule has 0 aliphatic rings. The minimum Gasteiger partial charge on any atom is -0.507 e. The number of Topliss-reactive ketones (excluding diaryl/α,β-unsaturated/α-hetero) is 1. The lowest BCUT2D eigenvalue weighted by Crippen LogP contribution is -2.05. The lowest BCUT2D eigenvalue weighted by Gasteiger charge is -2.10. The first-order chi connectivity index (χ1) is 15.6. The second kappa shape index (κ2) is 10.7. The number of aromatic hydroxyl groups is 1. The van der Waals surface area contributed by atoms with Crippen LogP contribution in [0.2, 0.25) is 0 Å². The molecule has 4 aromatic rings. The first-order valence-electron chi connectivity index (χ1n) is 10.3. The van der Waals surface area contributed by atoms with Gasteiger partial charge in [0.15, 0.2) is 10.9 Å². The van der Waals surface area contributed by atoms with Gasteiger partial charge < -0.3 is 14.6 Å². The minimum atomic E-state index is -0.187. The van der Waals surface area contributed by atoms with Gasteiger partial charge in [0.05, 0.1) is 36.6 Å². The van der Waals surface area contributed by atoms with E-state index in [-0.39, 0.29) is 22.8 Å². The molecular weight excluding hydrogens is 424 g/mol. The molecule has 1 aromatic heterocycles. The summed E-state index contributed by atoms with van der Waals surface area (Å²) in [5, 5.41) is 10.8. The van der Waals surface area contributed by atoms with E-state index in [4.69, 9.17) is 14.5 Å². The summed E-state index contributed by atoms with van der Waals surface area (Å²) in [7, 11) is 3.14. The van der Waals surface area contributed by atoms with Gasteiger partial charge in [-0.25, -0.2) is 4.98 Å². The van der Waals surface area contributed by atoms with Crippen molar-refractivity contribution in [3.8, 4) is 22.9 Å². The summed E-state index contributed by atoms with van der Waals surface area (Å²) in [6, 6.07) is 20.2. The standard InChI is InChI=1S/C23H20N2O4S.C2H6/c1-28-16-9-7-15(8-10-16)25-20-6-4-3-5-19(20)24-23(25)30-14-22(27)18-12-11-17(29-2)13-21(18)26;1-2/h3-13,26H,14H2,1-2H3;1-2H3. The Morgan fingerprint density at radius 3 is 2.28 bits per heavy atom. The fourth-order valence-electron chi connectivity index (χ4n) is 3.16. The molecule has 1 heterocycles. The van der Waals surface area contributed by atoms with Crippen LogP contribution in [0.3, 0.4) is 0 Å². The number of imidazole rings is 1. The number of thioether (sulfide) groups is 1. The van der Waals surface area contributed by atoms with Crippen LogP contribution in [0.4, 0.5) is 0 Å². The largest absolute Gasteiger partial charge is 0.507 e. The molecule has 0 aliphatic carbocycles. The summed E-state index contributed by atoms with van der Waals surface area (Å²) in [4.78, 5) is 17.4. The Hall–Kier alpha value is -3.45. The molecule has 0 aliphatic heterocycles. The number of nitrogens with zero attached hydrogens (tertiary/aromatic N) is 2. The molecule has 0 saturated heterocycles. The highest BCUT2D eigenvalue weighted by Crippen LogP contribution is 2.30. The smallest absolute Gasteiger partial charge is 0.176 e. The Balaban J connectivity index is 0.00000141. The Labute approximate surface area is 191 Å². The number of ketones is 1. The van der Waals surface area contributed by atoms with Gasteiger partial charge in [0.25, 0.3) is 0 Å². The van der Waals surface area contributed by atoms with Crippen LogP contribution in [0.5, 0.6) is 17.2 Å². The van der Waals surface area contributed by atoms with Crippen molar-refractivity contribution in [3.63, 3.8) is 0 Å². The first-order valence-corrected chi connectivity index (χ1v) is 11.2. The Morgan fingerprint density at radius 2 is 1.62 bits per heavy atom. The van der Waals surface area contributed by atoms with E-state index in [0.29, 0.717) is 10.9 Å². The predicted octanol–water partition coefficient (Wildman–Crippen LogP) is 5.75. The number of methoxy groups -OCH3 is 2. The molecule has 0 atom stereocenters. The molecule has 0 radical (unpaired) electrons. The van der Waals surface area contributed by atoms with Gasteiger partial charge in [-0.3, -0.25) is 9.36 Å². The molecule has 4 rings (SSSR count). The highest BCUT2D eigenvalue weighted by atomic mass is 32.2. The number of phenols is 1. The van der Waals surface area contributed by atoms with Crippen LogP contribution in [-0.4, -0.2) is 40.4 Å². The molecule has 0 bridgehead atoms. The Kier molecular flexibility index (Phi) is 7.78. The minimum absolute atomic E-state index is 0.0939. The van der Waals surface area contributed by atoms with Crippen molar-refractivity contribution < 1.29 is 19.4 Å². The highest BCUT2D eigenvalue weighted by molar-refractivity contribution is 7.99. The van der Waals surface area contributed by atoms with E-state index in [0.717, 1.165) is 22.5 Å². The topological polar surface area (TPSA) is 73.6 Å². The van der Waals surface area contributed by atoms with E-state index < -0.39 is 0 Å². The molecule has 0 spiro atoms. The van der Waals surface area contributed by atoms with Gasteiger partial charge in [-0.05, 0) is 48.5 Å². The van der Waals surface area contributed by atoms with Crippen molar-refractivity contribution in [2.45, 2.75) is 19.0 Å². The summed E-state index contributed by atoms with van der Waals surface area (Å²) in [5.41, 5.74) is 2.97. The molecule has 166 valence electrons. The molecule has 0 fully saturated rings. The molecule has 0 saturated carbocycles. The van der Waals surface area contributed by atoms with Crippen LogP contribution in [0.25, 0.3) is 16.7 Å². The molecule has 0 amide bonds. The van der Waals surface area contributed by atoms with Crippen LogP contribution in [-0.2, 0) is 0 Å². The summed E-state index contributed by atoms with van der Waals surface area (Å²) >= 11 is 1.33. The average Bonchev–Trinajstić information content (AvgIpc) is 3.22. The van der Waals surface area contributed by atoms with Crippen molar-refractivity contribution in [2.75, 3.05) is 20.0 Å². The molecular formula is C25H26N2O4S. The quantitative estimate of drug-likeness (QED) is 0.285. The summed E-state index contributed by atoms with van der Waals surface area (Å²) < 4.78 is 12.3. The van der Waals surface area contributed by atoms with Crippen molar-refractivity contribution in [3.05, 3.63) is 72.3 Å². The van der Waals surface area contributed by atoms with E-state index in [2.05, 4.69) is 0 Å². The molecule has 7 heteroatoms. The fourth-order valence-corrected chi connectivity index (χ4v) is 4.08.